The minimum Gasteiger partial charge on any atom is -0.492 e. The van der Waals surface area contributed by atoms with Crippen molar-refractivity contribution in [1.29, 1.82) is 0 Å². The molecule has 2 N–H and O–H groups in total. The predicted molar refractivity (Wildman–Crippen MR) is 125 cm³/mol. The van der Waals surface area contributed by atoms with Crippen LogP contribution in [-0.4, -0.2) is 54.1 Å². The molecular formula is C24H30FN3O6. The van der Waals surface area contributed by atoms with E-state index >= 15 is 4.39 Å². The normalized spacial score (nSPS) is 18.3. The number of carboxylic acid groups (broad SMARTS) is 1. The molecule has 2 heterocycles. The van der Waals surface area contributed by atoms with Crippen molar-refractivity contribution in [3.05, 3.63) is 33.9 Å². The Hall–Kier alpha value is -3.30. The molecule has 1 aliphatic heterocycles. The minimum absolute atomic E-state index is 0.00719. The summed E-state index contributed by atoms with van der Waals surface area (Å²) >= 11 is 0. The van der Waals surface area contributed by atoms with E-state index in [2.05, 4.69) is 5.32 Å². The fourth-order valence-electron chi connectivity index (χ4n) is 4.47. The quantitative estimate of drug-likeness (QED) is 0.658. The fraction of sp³-hybridized carbons (Fsp3) is 0.542. The van der Waals surface area contributed by atoms with Gasteiger partial charge < -0.3 is 29.4 Å². The van der Waals surface area contributed by atoms with Gasteiger partial charge in [0.15, 0.2) is 11.6 Å². The van der Waals surface area contributed by atoms with Crippen molar-refractivity contribution < 1.29 is 28.6 Å². The molecule has 0 spiro atoms. The molecule has 1 saturated carbocycles. The van der Waals surface area contributed by atoms with Gasteiger partial charge in [0.1, 0.15) is 16.9 Å². The third-order valence-corrected chi connectivity index (χ3v) is 6.11. The zero-order valence-corrected chi connectivity index (χ0v) is 19.8. The summed E-state index contributed by atoms with van der Waals surface area (Å²) in [7, 11) is 1.42. The molecule has 1 aliphatic carbocycles. The average molecular weight is 476 g/mol. The Labute approximate surface area is 196 Å². The van der Waals surface area contributed by atoms with E-state index in [1.165, 1.54) is 13.3 Å². The maximum absolute atomic E-state index is 15.4. The number of anilines is 1. The molecule has 0 unspecified atom stereocenters. The SMILES string of the molecule is COc1c(N2CC[C@@H](CNC(=O)OC(C)(C)C)C2)c(F)cc2c(=O)c(C(=O)O)cn(C3CC3)c12. The molecule has 184 valence electrons. The maximum Gasteiger partial charge on any atom is 0.407 e. The number of aromatic carboxylic acids is 1. The van der Waals surface area contributed by atoms with Crippen molar-refractivity contribution >= 4 is 28.7 Å². The molecule has 1 saturated heterocycles. The van der Waals surface area contributed by atoms with Gasteiger partial charge >= 0.3 is 12.1 Å². The molecule has 2 aliphatic rings. The van der Waals surface area contributed by atoms with Crippen LogP contribution in [0.25, 0.3) is 10.9 Å². The number of amides is 1. The summed E-state index contributed by atoms with van der Waals surface area (Å²) < 4.78 is 28.0. The second-order valence-electron chi connectivity index (χ2n) is 9.94. The molecule has 9 nitrogen and oxygen atoms in total. The molecule has 2 aromatic rings. The standard InChI is InChI=1S/C24H30FN3O6/c1-24(2,3)34-23(32)26-10-13-7-8-27(11-13)19-17(25)9-15-18(21(19)33-4)28(14-5-6-14)12-16(20(15)29)22(30)31/h9,12-14H,5-8,10-11H2,1-4H3,(H,26,32)(H,30,31)/t13-/m0/s1. The fourth-order valence-corrected chi connectivity index (χ4v) is 4.47. The largest absolute Gasteiger partial charge is 0.492 e. The van der Waals surface area contributed by atoms with Crippen LogP contribution in [0.5, 0.6) is 5.75 Å². The Kier molecular flexibility index (Phi) is 6.18. The van der Waals surface area contributed by atoms with Crippen LogP contribution < -0.4 is 20.4 Å². The number of fused-ring (bicyclic) bond motifs is 1. The highest BCUT2D eigenvalue weighted by atomic mass is 19.1. The molecular weight excluding hydrogens is 445 g/mol. The van der Waals surface area contributed by atoms with Gasteiger partial charge in [0, 0.05) is 31.9 Å². The number of halogens is 1. The number of carboxylic acids is 1. The van der Waals surface area contributed by atoms with Gasteiger partial charge in [0.05, 0.1) is 18.0 Å². The number of pyridine rings is 1. The summed E-state index contributed by atoms with van der Waals surface area (Å²) in [6.45, 7) is 6.78. The summed E-state index contributed by atoms with van der Waals surface area (Å²) in [5, 5.41) is 12.2. The van der Waals surface area contributed by atoms with Crippen LogP contribution in [0.4, 0.5) is 14.9 Å². The monoisotopic (exact) mass is 475 g/mol. The molecule has 0 bridgehead atoms. The second-order valence-corrected chi connectivity index (χ2v) is 9.94. The molecule has 1 aromatic heterocycles. The Bertz CT molecular complexity index is 1200. The van der Waals surface area contributed by atoms with Gasteiger partial charge in [-0.1, -0.05) is 0 Å². The van der Waals surface area contributed by atoms with E-state index in [1.54, 1.807) is 25.3 Å². The number of ether oxygens (including phenoxy) is 2. The van der Waals surface area contributed by atoms with Crippen molar-refractivity contribution in [2.75, 3.05) is 31.6 Å². The number of rotatable bonds is 6. The molecule has 1 atom stereocenters. The van der Waals surface area contributed by atoms with Gasteiger partial charge in [-0.15, -0.1) is 0 Å². The number of nitrogens with zero attached hydrogens (tertiary/aromatic N) is 2. The molecule has 34 heavy (non-hydrogen) atoms. The molecule has 2 fully saturated rings. The van der Waals surface area contributed by atoms with Crippen molar-refractivity contribution in [1.82, 2.24) is 9.88 Å². The van der Waals surface area contributed by atoms with E-state index in [0.29, 0.717) is 25.2 Å². The Morgan fingerprint density at radius 2 is 1.97 bits per heavy atom. The molecule has 4 rings (SSSR count). The van der Waals surface area contributed by atoms with Crippen molar-refractivity contribution in [2.45, 2.75) is 51.7 Å². The summed E-state index contributed by atoms with van der Waals surface area (Å²) in [5.74, 6) is -1.69. The first-order valence-corrected chi connectivity index (χ1v) is 11.4. The number of carbonyl (C=O) groups is 2. The van der Waals surface area contributed by atoms with Gasteiger partial charge in [0.25, 0.3) is 0 Å². The summed E-state index contributed by atoms with van der Waals surface area (Å²) in [5.41, 5.74) is -1.06. The van der Waals surface area contributed by atoms with E-state index in [-0.39, 0.29) is 34.3 Å². The molecule has 1 amide bonds. The van der Waals surface area contributed by atoms with Gasteiger partial charge in [-0.2, -0.15) is 0 Å². The summed E-state index contributed by atoms with van der Waals surface area (Å²) in [6, 6.07) is 1.16. The topological polar surface area (TPSA) is 110 Å². The highest BCUT2D eigenvalue weighted by Gasteiger charge is 2.33. The number of hydrogen-bond donors (Lipinski definition) is 2. The molecule has 10 heteroatoms. The number of nitrogens with one attached hydrogen (secondary N) is 1. The second kappa shape index (κ2) is 8.81. The van der Waals surface area contributed by atoms with Crippen LogP contribution in [0.15, 0.2) is 17.1 Å². The van der Waals surface area contributed by atoms with Crippen LogP contribution in [0.3, 0.4) is 0 Å². The smallest absolute Gasteiger partial charge is 0.407 e. The Morgan fingerprint density at radius 3 is 2.56 bits per heavy atom. The highest BCUT2D eigenvalue weighted by Crippen LogP contribution is 2.44. The lowest BCUT2D eigenvalue weighted by Crippen LogP contribution is -2.36. The number of aromatic nitrogens is 1. The predicted octanol–water partition coefficient (Wildman–Crippen LogP) is 3.53. The first-order chi connectivity index (χ1) is 16.0. The number of carbonyl (C=O) groups excluding carboxylic acids is 1. The molecule has 0 radical (unpaired) electrons. The summed E-state index contributed by atoms with van der Waals surface area (Å²) in [6.07, 6.45) is 3.25. The lowest BCUT2D eigenvalue weighted by Gasteiger charge is -2.25. The number of methoxy groups -OCH3 is 1. The van der Waals surface area contributed by atoms with E-state index in [9.17, 15) is 19.5 Å². The van der Waals surface area contributed by atoms with E-state index in [0.717, 1.165) is 25.3 Å². The van der Waals surface area contributed by atoms with Crippen LogP contribution in [-0.2, 0) is 4.74 Å². The van der Waals surface area contributed by atoms with Crippen LogP contribution in [0.2, 0.25) is 0 Å². The number of hydrogen-bond acceptors (Lipinski definition) is 6. The van der Waals surface area contributed by atoms with E-state index in [1.807, 2.05) is 4.90 Å². The first kappa shape index (κ1) is 23.8. The number of benzene rings is 1. The van der Waals surface area contributed by atoms with Crippen LogP contribution in [0, 0.1) is 11.7 Å². The number of alkyl carbamates (subject to hydrolysis) is 1. The van der Waals surface area contributed by atoms with Crippen molar-refractivity contribution in [3.8, 4) is 5.75 Å². The highest BCUT2D eigenvalue weighted by molar-refractivity contribution is 5.97. The van der Waals surface area contributed by atoms with Gasteiger partial charge in [-0.3, -0.25) is 4.79 Å². The van der Waals surface area contributed by atoms with Crippen molar-refractivity contribution in [2.24, 2.45) is 5.92 Å². The van der Waals surface area contributed by atoms with E-state index < -0.39 is 28.9 Å². The third kappa shape index (κ3) is 4.67. The third-order valence-electron chi connectivity index (χ3n) is 6.11. The van der Waals surface area contributed by atoms with E-state index in [4.69, 9.17) is 9.47 Å². The summed E-state index contributed by atoms with van der Waals surface area (Å²) in [4.78, 5) is 38.3. The zero-order chi connectivity index (χ0) is 24.8. The average Bonchev–Trinajstić information content (AvgIpc) is 3.48. The maximum atomic E-state index is 15.4. The minimum atomic E-state index is -1.34. The zero-order valence-electron chi connectivity index (χ0n) is 19.8. The van der Waals surface area contributed by atoms with Crippen LogP contribution in [0.1, 0.15) is 56.4 Å². The van der Waals surface area contributed by atoms with Gasteiger partial charge in [-0.25, -0.2) is 14.0 Å². The Balaban J connectivity index is 1.66. The van der Waals surface area contributed by atoms with Crippen LogP contribution >= 0.6 is 0 Å². The Morgan fingerprint density at radius 1 is 1.26 bits per heavy atom. The van der Waals surface area contributed by atoms with Crippen molar-refractivity contribution in [3.63, 3.8) is 0 Å². The molecule has 1 aromatic carbocycles. The van der Waals surface area contributed by atoms with Gasteiger partial charge in [0.2, 0.25) is 5.43 Å². The lowest BCUT2D eigenvalue weighted by atomic mass is 10.1. The first-order valence-electron chi connectivity index (χ1n) is 11.4. The lowest BCUT2D eigenvalue weighted by molar-refractivity contribution is 0.0520. The van der Waals surface area contributed by atoms with Gasteiger partial charge in [-0.05, 0) is 52.0 Å².